The minimum Gasteiger partial charge on any atom is -0.454 e. The fourth-order valence-electron chi connectivity index (χ4n) is 3.17. The lowest BCUT2D eigenvalue weighted by Crippen LogP contribution is -2.31. The zero-order valence-electron chi connectivity index (χ0n) is 12.9. The number of rotatable bonds is 2. The van der Waals surface area contributed by atoms with Gasteiger partial charge in [-0.3, -0.25) is 4.79 Å². The average molecular weight is 311 g/mol. The van der Waals surface area contributed by atoms with Gasteiger partial charge in [0.2, 0.25) is 6.79 Å². The minimum atomic E-state index is 0.00191. The van der Waals surface area contributed by atoms with Gasteiger partial charge in [-0.2, -0.15) is 0 Å². The maximum atomic E-state index is 12.9. The Balaban J connectivity index is 1.62. The van der Waals surface area contributed by atoms with Gasteiger partial charge in [0, 0.05) is 18.3 Å². The third-order valence-electron chi connectivity index (χ3n) is 4.27. The van der Waals surface area contributed by atoms with E-state index in [0.717, 1.165) is 30.9 Å². The molecule has 6 nitrogen and oxygen atoms in total. The summed E-state index contributed by atoms with van der Waals surface area (Å²) >= 11 is 0. The average Bonchev–Trinajstić information content (AvgIpc) is 3.22. The molecule has 0 radical (unpaired) electrons. The molecule has 23 heavy (non-hydrogen) atoms. The number of aromatic nitrogens is 2. The van der Waals surface area contributed by atoms with Crippen LogP contribution in [0.5, 0.6) is 11.5 Å². The first-order valence-electron chi connectivity index (χ1n) is 7.72. The Morgan fingerprint density at radius 2 is 2.13 bits per heavy atom. The molecule has 0 saturated carbocycles. The van der Waals surface area contributed by atoms with Crippen molar-refractivity contribution in [3.05, 3.63) is 47.5 Å². The third kappa shape index (κ3) is 2.50. The van der Waals surface area contributed by atoms with Gasteiger partial charge in [-0.25, -0.2) is 9.97 Å². The summed E-state index contributed by atoms with van der Waals surface area (Å²) in [4.78, 5) is 23.4. The van der Waals surface area contributed by atoms with Gasteiger partial charge in [0.05, 0.1) is 11.7 Å². The summed E-state index contributed by atoms with van der Waals surface area (Å²) in [6.07, 6.45) is 3.65. The van der Waals surface area contributed by atoms with Crippen molar-refractivity contribution in [2.45, 2.75) is 25.8 Å². The van der Waals surface area contributed by atoms with E-state index in [4.69, 9.17) is 9.47 Å². The zero-order chi connectivity index (χ0) is 15.8. The molecule has 6 heteroatoms. The second-order valence-electron chi connectivity index (χ2n) is 5.75. The van der Waals surface area contributed by atoms with E-state index in [1.54, 1.807) is 24.4 Å². The summed E-state index contributed by atoms with van der Waals surface area (Å²) < 4.78 is 10.7. The predicted octanol–water partition coefficient (Wildman–Crippen LogP) is 2.49. The van der Waals surface area contributed by atoms with Gasteiger partial charge in [-0.05, 0) is 44.0 Å². The highest BCUT2D eigenvalue weighted by Crippen LogP contribution is 2.35. The first-order valence-corrected chi connectivity index (χ1v) is 7.72. The van der Waals surface area contributed by atoms with Gasteiger partial charge in [-0.15, -0.1) is 0 Å². The molecule has 1 atom stereocenters. The number of amides is 1. The molecule has 1 fully saturated rings. The highest BCUT2D eigenvalue weighted by molar-refractivity contribution is 5.95. The van der Waals surface area contributed by atoms with E-state index in [-0.39, 0.29) is 18.7 Å². The topological polar surface area (TPSA) is 64.6 Å². The maximum absolute atomic E-state index is 12.9. The van der Waals surface area contributed by atoms with Gasteiger partial charge in [0.1, 0.15) is 5.82 Å². The molecule has 0 bridgehead atoms. The van der Waals surface area contributed by atoms with Crippen LogP contribution in [0.1, 0.15) is 40.8 Å². The maximum Gasteiger partial charge on any atom is 0.254 e. The summed E-state index contributed by atoms with van der Waals surface area (Å²) in [5.74, 6) is 2.04. The van der Waals surface area contributed by atoms with Gasteiger partial charge in [0.15, 0.2) is 11.5 Å². The highest BCUT2D eigenvalue weighted by Gasteiger charge is 2.32. The van der Waals surface area contributed by atoms with Crippen LogP contribution >= 0.6 is 0 Å². The molecule has 1 aromatic heterocycles. The van der Waals surface area contributed by atoms with Gasteiger partial charge >= 0.3 is 0 Å². The van der Waals surface area contributed by atoms with Crippen molar-refractivity contribution in [3.63, 3.8) is 0 Å². The molecule has 0 spiro atoms. The molecular formula is C17H17N3O3. The summed E-state index contributed by atoms with van der Waals surface area (Å²) in [5.41, 5.74) is 1.52. The Bertz CT molecular complexity index is 762. The van der Waals surface area contributed by atoms with Crippen LogP contribution in [0.25, 0.3) is 0 Å². The Kier molecular flexibility index (Phi) is 3.37. The predicted molar refractivity (Wildman–Crippen MR) is 82.3 cm³/mol. The van der Waals surface area contributed by atoms with Crippen LogP contribution in [-0.2, 0) is 0 Å². The quantitative estimate of drug-likeness (QED) is 0.852. The zero-order valence-corrected chi connectivity index (χ0v) is 12.9. The number of aryl methyl sites for hydroxylation is 1. The molecule has 2 aromatic rings. The van der Waals surface area contributed by atoms with E-state index in [1.807, 2.05) is 17.9 Å². The van der Waals surface area contributed by atoms with Crippen molar-refractivity contribution in [2.24, 2.45) is 0 Å². The molecule has 0 aliphatic carbocycles. The Morgan fingerprint density at radius 3 is 3.00 bits per heavy atom. The second kappa shape index (κ2) is 5.53. The van der Waals surface area contributed by atoms with Crippen molar-refractivity contribution >= 4 is 5.91 Å². The van der Waals surface area contributed by atoms with Crippen molar-refractivity contribution < 1.29 is 14.3 Å². The molecule has 1 amide bonds. The lowest BCUT2D eigenvalue weighted by atomic mass is 10.1. The molecule has 118 valence electrons. The lowest BCUT2D eigenvalue weighted by Gasteiger charge is -2.24. The SMILES string of the molecule is Cc1nccc(C2CCCN2C(=O)c2ccc3c(c2)OCO3)n1. The molecule has 1 aromatic carbocycles. The van der Waals surface area contributed by atoms with Gasteiger partial charge in [0.25, 0.3) is 5.91 Å². The van der Waals surface area contributed by atoms with E-state index in [9.17, 15) is 4.79 Å². The summed E-state index contributed by atoms with van der Waals surface area (Å²) in [5, 5.41) is 0. The van der Waals surface area contributed by atoms with Gasteiger partial charge < -0.3 is 14.4 Å². The number of likely N-dealkylation sites (tertiary alicyclic amines) is 1. The van der Waals surface area contributed by atoms with Crippen molar-refractivity contribution in [1.82, 2.24) is 14.9 Å². The molecule has 0 N–H and O–H groups in total. The summed E-state index contributed by atoms with van der Waals surface area (Å²) in [6.45, 7) is 2.81. The molecule has 2 aliphatic heterocycles. The third-order valence-corrected chi connectivity index (χ3v) is 4.27. The number of fused-ring (bicyclic) bond motifs is 1. The number of benzene rings is 1. The van der Waals surface area contributed by atoms with Crippen LogP contribution in [0.2, 0.25) is 0 Å². The molecule has 4 rings (SSSR count). The minimum absolute atomic E-state index is 0.00191. The number of carbonyl (C=O) groups is 1. The van der Waals surface area contributed by atoms with E-state index < -0.39 is 0 Å². The molecule has 2 aliphatic rings. The number of carbonyl (C=O) groups excluding carboxylic acids is 1. The highest BCUT2D eigenvalue weighted by atomic mass is 16.7. The fraction of sp³-hybridized carbons (Fsp3) is 0.353. The normalized spacial score (nSPS) is 19.2. The monoisotopic (exact) mass is 311 g/mol. The smallest absolute Gasteiger partial charge is 0.254 e. The molecular weight excluding hydrogens is 294 g/mol. The number of nitrogens with zero attached hydrogens (tertiary/aromatic N) is 3. The number of hydrogen-bond donors (Lipinski definition) is 0. The van der Waals surface area contributed by atoms with Crippen LogP contribution in [0.3, 0.4) is 0 Å². The van der Waals surface area contributed by atoms with Crippen LogP contribution in [-0.4, -0.2) is 34.1 Å². The Labute approximate surface area is 134 Å². The molecule has 1 saturated heterocycles. The van der Waals surface area contributed by atoms with Crippen LogP contribution < -0.4 is 9.47 Å². The largest absolute Gasteiger partial charge is 0.454 e. The first kappa shape index (κ1) is 14.0. The molecule has 3 heterocycles. The van der Waals surface area contributed by atoms with Crippen LogP contribution in [0.15, 0.2) is 30.5 Å². The van der Waals surface area contributed by atoms with Crippen molar-refractivity contribution in [1.29, 1.82) is 0 Å². The number of ether oxygens (including phenoxy) is 2. The van der Waals surface area contributed by atoms with E-state index in [0.29, 0.717) is 17.1 Å². The van der Waals surface area contributed by atoms with Crippen LogP contribution in [0.4, 0.5) is 0 Å². The lowest BCUT2D eigenvalue weighted by molar-refractivity contribution is 0.0732. The van der Waals surface area contributed by atoms with Gasteiger partial charge in [-0.1, -0.05) is 0 Å². The number of hydrogen-bond acceptors (Lipinski definition) is 5. The Hall–Kier alpha value is -2.63. The first-order chi connectivity index (χ1) is 11.2. The standard InChI is InChI=1S/C17H17N3O3/c1-11-18-7-6-13(19-11)14-3-2-8-20(14)17(21)12-4-5-15-16(9-12)23-10-22-15/h4-7,9,14H,2-3,8,10H2,1H3. The van der Waals surface area contributed by atoms with E-state index >= 15 is 0 Å². The Morgan fingerprint density at radius 1 is 1.26 bits per heavy atom. The van der Waals surface area contributed by atoms with E-state index in [2.05, 4.69) is 9.97 Å². The molecule has 1 unspecified atom stereocenters. The fourth-order valence-corrected chi connectivity index (χ4v) is 3.17. The van der Waals surface area contributed by atoms with Crippen LogP contribution in [0, 0.1) is 6.92 Å². The summed E-state index contributed by atoms with van der Waals surface area (Å²) in [6, 6.07) is 7.23. The second-order valence-corrected chi connectivity index (χ2v) is 5.75. The van der Waals surface area contributed by atoms with E-state index in [1.165, 1.54) is 0 Å². The van der Waals surface area contributed by atoms with Crippen molar-refractivity contribution in [2.75, 3.05) is 13.3 Å². The summed E-state index contributed by atoms with van der Waals surface area (Å²) in [7, 11) is 0. The van der Waals surface area contributed by atoms with Crippen molar-refractivity contribution in [3.8, 4) is 11.5 Å².